The van der Waals surface area contributed by atoms with Crippen LogP contribution in [0.3, 0.4) is 0 Å². The highest BCUT2D eigenvalue weighted by atomic mass is 19.1. The van der Waals surface area contributed by atoms with Gasteiger partial charge in [0.05, 0.1) is 19.3 Å². The Bertz CT molecular complexity index is 798. The van der Waals surface area contributed by atoms with Crippen LogP contribution >= 0.6 is 0 Å². The Morgan fingerprint density at radius 1 is 1.18 bits per heavy atom. The molecule has 0 fully saturated rings. The van der Waals surface area contributed by atoms with E-state index in [4.69, 9.17) is 9.26 Å². The van der Waals surface area contributed by atoms with E-state index in [0.717, 1.165) is 0 Å². The van der Waals surface area contributed by atoms with Gasteiger partial charge in [0.15, 0.2) is 5.76 Å². The van der Waals surface area contributed by atoms with Crippen LogP contribution < -0.4 is 4.74 Å². The Balaban J connectivity index is 2.13. The third-order valence-corrected chi connectivity index (χ3v) is 3.41. The van der Waals surface area contributed by atoms with Crippen molar-refractivity contribution in [2.75, 3.05) is 7.11 Å². The molecule has 3 rings (SSSR count). The summed E-state index contributed by atoms with van der Waals surface area (Å²) in [4.78, 5) is 0. The van der Waals surface area contributed by atoms with Crippen molar-refractivity contribution in [1.82, 2.24) is 5.16 Å². The van der Waals surface area contributed by atoms with E-state index in [1.807, 2.05) is 6.07 Å². The highest BCUT2D eigenvalue weighted by Crippen LogP contribution is 2.34. The molecule has 112 valence electrons. The van der Waals surface area contributed by atoms with Crippen LogP contribution in [0, 0.1) is 5.82 Å². The molecule has 0 atom stereocenters. The second-order valence-electron chi connectivity index (χ2n) is 4.71. The van der Waals surface area contributed by atoms with Crippen molar-refractivity contribution in [1.29, 1.82) is 0 Å². The summed E-state index contributed by atoms with van der Waals surface area (Å²) in [5.41, 5.74) is 1.75. The molecule has 0 bridgehead atoms. The second-order valence-corrected chi connectivity index (χ2v) is 4.71. The molecule has 1 aromatic heterocycles. The number of hydrogen-bond donors (Lipinski definition) is 1. The fourth-order valence-corrected chi connectivity index (χ4v) is 2.31. The minimum Gasteiger partial charge on any atom is -0.497 e. The molecule has 0 saturated heterocycles. The van der Waals surface area contributed by atoms with E-state index in [0.29, 0.717) is 33.9 Å². The maximum Gasteiger partial charge on any atom is 0.173 e. The van der Waals surface area contributed by atoms with Crippen LogP contribution in [0.5, 0.6) is 5.75 Å². The predicted molar refractivity (Wildman–Crippen MR) is 79.8 cm³/mol. The van der Waals surface area contributed by atoms with Crippen LogP contribution in [-0.4, -0.2) is 17.4 Å². The van der Waals surface area contributed by atoms with Crippen LogP contribution in [-0.2, 0) is 6.61 Å². The highest BCUT2D eigenvalue weighted by Gasteiger charge is 2.20. The summed E-state index contributed by atoms with van der Waals surface area (Å²) < 4.78 is 24.5. The first-order valence-corrected chi connectivity index (χ1v) is 6.73. The number of aliphatic hydroxyl groups is 1. The van der Waals surface area contributed by atoms with Crippen molar-refractivity contribution in [3.8, 4) is 28.3 Å². The quantitative estimate of drug-likeness (QED) is 0.799. The number of halogens is 1. The number of aliphatic hydroxyl groups excluding tert-OH is 1. The lowest BCUT2D eigenvalue weighted by Gasteiger charge is -2.04. The zero-order valence-electron chi connectivity index (χ0n) is 11.9. The molecular weight excluding hydrogens is 285 g/mol. The van der Waals surface area contributed by atoms with Gasteiger partial charge in [0.2, 0.25) is 0 Å². The van der Waals surface area contributed by atoms with Gasteiger partial charge in [-0.15, -0.1) is 0 Å². The maximum atomic E-state index is 13.9. The van der Waals surface area contributed by atoms with E-state index in [-0.39, 0.29) is 6.61 Å². The molecule has 4 nitrogen and oxygen atoms in total. The van der Waals surface area contributed by atoms with E-state index in [2.05, 4.69) is 5.16 Å². The van der Waals surface area contributed by atoms with Gasteiger partial charge in [-0.05, 0) is 24.3 Å². The second kappa shape index (κ2) is 5.99. The van der Waals surface area contributed by atoms with Crippen LogP contribution in [0.1, 0.15) is 5.56 Å². The Hall–Kier alpha value is -2.66. The fraction of sp³-hybridized carbons (Fsp3) is 0.118. The van der Waals surface area contributed by atoms with Gasteiger partial charge in [-0.25, -0.2) is 4.39 Å². The first-order valence-electron chi connectivity index (χ1n) is 6.73. The molecule has 0 unspecified atom stereocenters. The summed E-state index contributed by atoms with van der Waals surface area (Å²) in [5, 5.41) is 13.6. The Morgan fingerprint density at radius 2 is 2.00 bits per heavy atom. The number of nitrogens with zero attached hydrogens (tertiary/aromatic N) is 1. The Kier molecular flexibility index (Phi) is 3.89. The summed E-state index contributed by atoms with van der Waals surface area (Å²) in [5.74, 6) is 0.646. The number of rotatable bonds is 4. The van der Waals surface area contributed by atoms with Crippen molar-refractivity contribution in [3.05, 3.63) is 59.9 Å². The van der Waals surface area contributed by atoms with E-state index in [1.54, 1.807) is 43.5 Å². The minimum absolute atomic E-state index is 0.296. The molecule has 0 radical (unpaired) electrons. The van der Waals surface area contributed by atoms with Gasteiger partial charge in [0, 0.05) is 11.1 Å². The molecule has 0 amide bonds. The zero-order valence-corrected chi connectivity index (χ0v) is 11.9. The molecular formula is C17H14FNO3. The standard InChI is InChI=1S/C17H14FNO3/c1-21-12-6-4-5-11(9-12)17-14(10-20)16(19-22-17)13-7-2-3-8-15(13)18/h2-9,20H,10H2,1H3. The number of ether oxygens (including phenoxy) is 1. The number of hydrogen-bond acceptors (Lipinski definition) is 4. The summed E-state index contributed by atoms with van der Waals surface area (Å²) >= 11 is 0. The molecule has 5 heteroatoms. The van der Waals surface area contributed by atoms with Gasteiger partial charge in [0.25, 0.3) is 0 Å². The number of methoxy groups -OCH3 is 1. The zero-order chi connectivity index (χ0) is 15.5. The summed E-state index contributed by atoms with van der Waals surface area (Å²) in [6, 6.07) is 13.4. The van der Waals surface area contributed by atoms with Crippen LogP contribution in [0.2, 0.25) is 0 Å². The third-order valence-electron chi connectivity index (χ3n) is 3.41. The molecule has 0 aliphatic carbocycles. The summed E-state index contributed by atoms with van der Waals surface area (Å²) in [7, 11) is 1.57. The SMILES string of the molecule is COc1cccc(-c2onc(-c3ccccc3F)c2CO)c1. The first kappa shape index (κ1) is 14.3. The van der Waals surface area contributed by atoms with E-state index in [1.165, 1.54) is 6.07 Å². The van der Waals surface area contributed by atoms with Gasteiger partial charge in [-0.3, -0.25) is 0 Å². The molecule has 1 N–H and O–H groups in total. The van der Waals surface area contributed by atoms with Crippen LogP contribution in [0.15, 0.2) is 53.1 Å². The molecule has 0 aliphatic rings. The molecule has 2 aromatic carbocycles. The van der Waals surface area contributed by atoms with Crippen molar-refractivity contribution in [3.63, 3.8) is 0 Å². The lowest BCUT2D eigenvalue weighted by Crippen LogP contribution is -1.91. The third kappa shape index (κ3) is 2.46. The highest BCUT2D eigenvalue weighted by molar-refractivity contribution is 5.73. The molecule has 22 heavy (non-hydrogen) atoms. The average molecular weight is 299 g/mol. The largest absolute Gasteiger partial charge is 0.497 e. The monoisotopic (exact) mass is 299 g/mol. The lowest BCUT2D eigenvalue weighted by atomic mass is 10.0. The average Bonchev–Trinajstić information content (AvgIpc) is 2.99. The van der Waals surface area contributed by atoms with Crippen molar-refractivity contribution >= 4 is 0 Å². The normalized spacial score (nSPS) is 10.7. The predicted octanol–water partition coefficient (Wildman–Crippen LogP) is 3.65. The smallest absolute Gasteiger partial charge is 0.173 e. The van der Waals surface area contributed by atoms with Gasteiger partial charge in [-0.1, -0.05) is 29.4 Å². The van der Waals surface area contributed by atoms with E-state index < -0.39 is 5.82 Å². The Morgan fingerprint density at radius 3 is 2.73 bits per heavy atom. The first-order chi connectivity index (χ1) is 10.7. The van der Waals surface area contributed by atoms with Crippen molar-refractivity contribution < 1.29 is 18.8 Å². The maximum absolute atomic E-state index is 13.9. The molecule has 1 heterocycles. The van der Waals surface area contributed by atoms with Crippen LogP contribution in [0.4, 0.5) is 4.39 Å². The van der Waals surface area contributed by atoms with Crippen molar-refractivity contribution in [2.45, 2.75) is 6.61 Å². The Labute approximate surface area is 126 Å². The molecule has 3 aromatic rings. The van der Waals surface area contributed by atoms with E-state index in [9.17, 15) is 9.50 Å². The van der Waals surface area contributed by atoms with Gasteiger partial charge < -0.3 is 14.4 Å². The summed E-state index contributed by atoms with van der Waals surface area (Å²) in [6.45, 7) is -0.306. The fourth-order valence-electron chi connectivity index (χ4n) is 2.31. The van der Waals surface area contributed by atoms with Gasteiger partial charge in [-0.2, -0.15) is 0 Å². The van der Waals surface area contributed by atoms with Gasteiger partial charge in [0.1, 0.15) is 17.3 Å². The van der Waals surface area contributed by atoms with E-state index >= 15 is 0 Å². The van der Waals surface area contributed by atoms with Gasteiger partial charge >= 0.3 is 0 Å². The summed E-state index contributed by atoms with van der Waals surface area (Å²) in [6.07, 6.45) is 0. The topological polar surface area (TPSA) is 55.5 Å². The molecule has 0 saturated carbocycles. The molecule has 0 spiro atoms. The molecule has 0 aliphatic heterocycles. The van der Waals surface area contributed by atoms with Crippen LogP contribution in [0.25, 0.3) is 22.6 Å². The minimum atomic E-state index is -0.414. The number of benzene rings is 2. The van der Waals surface area contributed by atoms with Crippen molar-refractivity contribution in [2.24, 2.45) is 0 Å². The lowest BCUT2D eigenvalue weighted by molar-refractivity contribution is 0.281. The number of aromatic nitrogens is 1.